The molecule has 6 nitrogen and oxygen atoms in total. The van der Waals surface area contributed by atoms with E-state index in [1.165, 1.54) is 7.11 Å². The van der Waals surface area contributed by atoms with Crippen molar-refractivity contribution in [3.05, 3.63) is 60.2 Å². The summed E-state index contributed by atoms with van der Waals surface area (Å²) >= 11 is 0. The predicted molar refractivity (Wildman–Crippen MR) is 83.5 cm³/mol. The molecule has 23 heavy (non-hydrogen) atoms. The quantitative estimate of drug-likeness (QED) is 0.816. The van der Waals surface area contributed by atoms with Crippen LogP contribution in [0.15, 0.2) is 54.6 Å². The van der Waals surface area contributed by atoms with E-state index in [4.69, 9.17) is 9.47 Å². The average Bonchev–Trinajstić information content (AvgIpc) is 2.58. The van der Waals surface area contributed by atoms with Crippen molar-refractivity contribution in [1.82, 2.24) is 5.32 Å². The van der Waals surface area contributed by atoms with Crippen LogP contribution in [0.4, 0.5) is 0 Å². The van der Waals surface area contributed by atoms with Crippen LogP contribution >= 0.6 is 0 Å². The van der Waals surface area contributed by atoms with E-state index in [2.05, 4.69) is 5.32 Å². The number of carboxylic acids is 1. The van der Waals surface area contributed by atoms with E-state index in [0.29, 0.717) is 17.1 Å². The number of hydrogen-bond acceptors (Lipinski definition) is 4. The van der Waals surface area contributed by atoms with Gasteiger partial charge in [0.2, 0.25) is 0 Å². The van der Waals surface area contributed by atoms with Crippen LogP contribution in [-0.4, -0.2) is 30.7 Å². The van der Waals surface area contributed by atoms with E-state index < -0.39 is 17.9 Å². The molecular formula is C17H17NO5. The van der Waals surface area contributed by atoms with Crippen molar-refractivity contribution in [2.45, 2.75) is 6.04 Å². The van der Waals surface area contributed by atoms with Crippen molar-refractivity contribution >= 4 is 11.9 Å². The van der Waals surface area contributed by atoms with Crippen molar-refractivity contribution < 1.29 is 24.2 Å². The lowest BCUT2D eigenvalue weighted by Gasteiger charge is -2.15. The van der Waals surface area contributed by atoms with Crippen molar-refractivity contribution in [2.24, 2.45) is 0 Å². The van der Waals surface area contributed by atoms with Crippen LogP contribution < -0.4 is 14.8 Å². The van der Waals surface area contributed by atoms with Crippen LogP contribution in [0.1, 0.15) is 11.6 Å². The van der Waals surface area contributed by atoms with Crippen LogP contribution in [0, 0.1) is 0 Å². The van der Waals surface area contributed by atoms with E-state index >= 15 is 0 Å². The summed E-state index contributed by atoms with van der Waals surface area (Å²) in [5, 5.41) is 11.7. The Morgan fingerprint density at radius 3 is 2.26 bits per heavy atom. The number of carbonyl (C=O) groups is 2. The molecular weight excluding hydrogens is 298 g/mol. The molecule has 0 bridgehead atoms. The second-order valence-electron chi connectivity index (χ2n) is 4.69. The minimum absolute atomic E-state index is 0.309. The number of rotatable bonds is 7. The number of hydrogen-bond donors (Lipinski definition) is 2. The first-order valence-corrected chi connectivity index (χ1v) is 6.94. The van der Waals surface area contributed by atoms with Gasteiger partial charge in [0.15, 0.2) is 24.1 Å². The maximum atomic E-state index is 12.0. The van der Waals surface area contributed by atoms with Gasteiger partial charge in [-0.1, -0.05) is 42.5 Å². The summed E-state index contributed by atoms with van der Waals surface area (Å²) in [6.45, 7) is -0.309. The Morgan fingerprint density at radius 2 is 1.65 bits per heavy atom. The predicted octanol–water partition coefficient (Wildman–Crippen LogP) is 2.02. The Hall–Kier alpha value is -3.02. The molecule has 0 aliphatic carbocycles. The van der Waals surface area contributed by atoms with Gasteiger partial charge in [0.05, 0.1) is 7.11 Å². The van der Waals surface area contributed by atoms with Crippen molar-refractivity contribution in [3.8, 4) is 11.5 Å². The van der Waals surface area contributed by atoms with E-state index in [0.717, 1.165) is 0 Å². The molecule has 0 aromatic heterocycles. The van der Waals surface area contributed by atoms with Gasteiger partial charge in [-0.15, -0.1) is 0 Å². The fraction of sp³-hybridized carbons (Fsp3) is 0.176. The topological polar surface area (TPSA) is 84.9 Å². The van der Waals surface area contributed by atoms with Gasteiger partial charge in [0.1, 0.15) is 0 Å². The van der Waals surface area contributed by atoms with Gasteiger partial charge in [0, 0.05) is 0 Å². The molecule has 120 valence electrons. The number of methoxy groups -OCH3 is 1. The van der Waals surface area contributed by atoms with E-state index in [1.807, 2.05) is 0 Å². The minimum Gasteiger partial charge on any atom is -0.493 e. The molecule has 2 N–H and O–H groups in total. The van der Waals surface area contributed by atoms with Gasteiger partial charge in [-0.25, -0.2) is 4.79 Å². The van der Waals surface area contributed by atoms with Gasteiger partial charge in [-0.05, 0) is 17.7 Å². The van der Waals surface area contributed by atoms with Crippen LogP contribution in [0.3, 0.4) is 0 Å². The molecule has 0 fully saturated rings. The number of ether oxygens (including phenoxy) is 2. The zero-order valence-electron chi connectivity index (χ0n) is 12.6. The standard InChI is InChI=1S/C17H17NO5/c1-22-13-9-5-6-10-14(13)23-11-15(19)18-16(17(20)21)12-7-3-2-4-8-12/h2-10,16H,11H2,1H3,(H,18,19)(H,20,21)/t16-/m1/s1. The fourth-order valence-corrected chi connectivity index (χ4v) is 2.02. The van der Waals surface area contributed by atoms with Gasteiger partial charge < -0.3 is 19.9 Å². The number of carbonyl (C=O) groups excluding carboxylic acids is 1. The maximum absolute atomic E-state index is 12.0. The largest absolute Gasteiger partial charge is 0.493 e. The summed E-state index contributed by atoms with van der Waals surface area (Å²) < 4.78 is 10.5. The summed E-state index contributed by atoms with van der Waals surface area (Å²) in [6.07, 6.45) is 0. The lowest BCUT2D eigenvalue weighted by Crippen LogP contribution is -2.36. The molecule has 0 saturated carbocycles. The molecule has 0 radical (unpaired) electrons. The first-order valence-electron chi connectivity index (χ1n) is 6.94. The van der Waals surface area contributed by atoms with Gasteiger partial charge >= 0.3 is 5.97 Å². The third-order valence-electron chi connectivity index (χ3n) is 3.11. The lowest BCUT2D eigenvalue weighted by atomic mass is 10.1. The third-order valence-corrected chi connectivity index (χ3v) is 3.11. The highest BCUT2D eigenvalue weighted by Gasteiger charge is 2.22. The maximum Gasteiger partial charge on any atom is 0.330 e. The van der Waals surface area contributed by atoms with E-state index in [1.54, 1.807) is 54.6 Å². The minimum atomic E-state index is -1.14. The van der Waals surface area contributed by atoms with Crippen LogP contribution in [-0.2, 0) is 9.59 Å². The Labute approximate surface area is 133 Å². The first kappa shape index (κ1) is 16.4. The summed E-state index contributed by atoms with van der Waals surface area (Å²) in [5.74, 6) is -0.760. The summed E-state index contributed by atoms with van der Waals surface area (Å²) in [7, 11) is 1.50. The van der Waals surface area contributed by atoms with Gasteiger partial charge in [0.25, 0.3) is 5.91 Å². The summed E-state index contributed by atoms with van der Waals surface area (Å²) in [4.78, 5) is 23.3. The number of aliphatic carboxylic acids is 1. The molecule has 0 heterocycles. The van der Waals surface area contributed by atoms with Gasteiger partial charge in [-0.2, -0.15) is 0 Å². The number of para-hydroxylation sites is 2. The number of nitrogens with one attached hydrogen (secondary N) is 1. The molecule has 6 heteroatoms. The molecule has 0 saturated heterocycles. The monoisotopic (exact) mass is 315 g/mol. The molecule has 1 atom stereocenters. The smallest absolute Gasteiger partial charge is 0.330 e. The highest BCUT2D eigenvalue weighted by atomic mass is 16.5. The fourth-order valence-electron chi connectivity index (χ4n) is 2.02. The normalized spacial score (nSPS) is 11.3. The van der Waals surface area contributed by atoms with E-state index in [9.17, 15) is 14.7 Å². The van der Waals surface area contributed by atoms with Crippen molar-refractivity contribution in [2.75, 3.05) is 13.7 Å². The summed E-state index contributed by atoms with van der Waals surface area (Å²) in [6, 6.07) is 14.3. The zero-order chi connectivity index (χ0) is 16.7. The Balaban J connectivity index is 1.99. The Kier molecular flexibility index (Phi) is 5.57. The summed E-state index contributed by atoms with van der Waals surface area (Å²) in [5.41, 5.74) is 0.491. The lowest BCUT2D eigenvalue weighted by molar-refractivity contribution is -0.142. The highest BCUT2D eigenvalue weighted by Crippen LogP contribution is 2.25. The molecule has 0 spiro atoms. The second-order valence-corrected chi connectivity index (χ2v) is 4.69. The van der Waals surface area contributed by atoms with Crippen molar-refractivity contribution in [3.63, 3.8) is 0 Å². The molecule has 2 rings (SSSR count). The molecule has 2 aromatic rings. The highest BCUT2D eigenvalue weighted by molar-refractivity contribution is 5.85. The van der Waals surface area contributed by atoms with Crippen LogP contribution in [0.5, 0.6) is 11.5 Å². The Morgan fingerprint density at radius 1 is 1.04 bits per heavy atom. The Bertz CT molecular complexity index is 672. The van der Waals surface area contributed by atoms with Gasteiger partial charge in [-0.3, -0.25) is 4.79 Å². The SMILES string of the molecule is COc1ccccc1OCC(=O)N[C@@H](C(=O)O)c1ccccc1. The van der Waals surface area contributed by atoms with Crippen LogP contribution in [0.25, 0.3) is 0 Å². The van der Waals surface area contributed by atoms with E-state index in [-0.39, 0.29) is 6.61 Å². The van der Waals surface area contributed by atoms with Crippen molar-refractivity contribution in [1.29, 1.82) is 0 Å². The number of benzene rings is 2. The molecule has 0 unspecified atom stereocenters. The molecule has 2 aromatic carbocycles. The number of amides is 1. The van der Waals surface area contributed by atoms with Crippen LogP contribution in [0.2, 0.25) is 0 Å². The molecule has 0 aliphatic heterocycles. The number of carboxylic acid groups (broad SMARTS) is 1. The zero-order valence-corrected chi connectivity index (χ0v) is 12.6. The molecule has 1 amide bonds. The average molecular weight is 315 g/mol. The third kappa shape index (κ3) is 4.47. The molecule has 0 aliphatic rings. The second kappa shape index (κ2) is 7.84. The first-order chi connectivity index (χ1) is 11.1.